The zero-order valence-electron chi connectivity index (χ0n) is 15.3. The minimum Gasteiger partial charge on any atom is -0.486 e. The molecule has 0 unspecified atom stereocenters. The summed E-state index contributed by atoms with van der Waals surface area (Å²) in [6, 6.07) is 17.6. The van der Waals surface area contributed by atoms with Gasteiger partial charge in [0.25, 0.3) is 5.56 Å². The zero-order valence-corrected chi connectivity index (χ0v) is 16.1. The Labute approximate surface area is 165 Å². The first-order chi connectivity index (χ1) is 13.7. The highest BCUT2D eigenvalue weighted by Crippen LogP contribution is 2.35. The first-order valence-electron chi connectivity index (χ1n) is 9.13. The number of fused-ring (bicyclic) bond motifs is 2. The molecule has 2 aromatic carbocycles. The van der Waals surface area contributed by atoms with Gasteiger partial charge in [0.05, 0.1) is 18.3 Å². The molecule has 0 amide bonds. The molecule has 5 nitrogen and oxygen atoms in total. The summed E-state index contributed by atoms with van der Waals surface area (Å²) in [4.78, 5) is 19.7. The number of aryl methyl sites for hydroxylation is 1. The number of nitrogens with zero attached hydrogens (tertiary/aromatic N) is 2. The lowest BCUT2D eigenvalue weighted by atomic mass is 10.0. The number of thiophene rings is 1. The summed E-state index contributed by atoms with van der Waals surface area (Å²) in [5, 5.41) is 0.674. The summed E-state index contributed by atoms with van der Waals surface area (Å²) in [5.74, 6) is 1.44. The third-order valence-corrected chi connectivity index (χ3v) is 5.90. The van der Waals surface area contributed by atoms with Gasteiger partial charge in [-0.25, -0.2) is 4.98 Å². The van der Waals surface area contributed by atoms with Crippen molar-refractivity contribution in [3.05, 3.63) is 76.2 Å². The highest BCUT2D eigenvalue weighted by molar-refractivity contribution is 7.19. The molecular weight excluding hydrogens is 372 g/mol. The predicted octanol–water partition coefficient (Wildman–Crippen LogP) is 4.27. The second-order valence-electron chi connectivity index (χ2n) is 6.78. The molecule has 3 heterocycles. The van der Waals surface area contributed by atoms with Gasteiger partial charge in [-0.05, 0) is 24.6 Å². The molecule has 0 bridgehead atoms. The van der Waals surface area contributed by atoms with E-state index in [0.29, 0.717) is 24.3 Å². The highest BCUT2D eigenvalue weighted by atomic mass is 32.1. The number of benzene rings is 2. The van der Waals surface area contributed by atoms with E-state index in [1.807, 2.05) is 61.5 Å². The number of para-hydroxylation sites is 2. The van der Waals surface area contributed by atoms with Crippen LogP contribution >= 0.6 is 11.3 Å². The standard InChI is InChI=1S/C22H18N2O3S/c1-14-19(15-7-3-2-4-8-15)20-21(28-14)23-13-24(22(20)25)11-16-12-26-17-9-5-6-10-18(17)27-16/h2-10,13,16H,11-12H2,1H3/t16-/m1/s1. The van der Waals surface area contributed by atoms with Crippen LogP contribution in [0.4, 0.5) is 0 Å². The SMILES string of the molecule is Cc1sc2ncn(C[C@@H]3COc4ccccc4O3)c(=O)c2c1-c1ccccc1. The van der Waals surface area contributed by atoms with Crippen LogP contribution in [0.1, 0.15) is 4.88 Å². The van der Waals surface area contributed by atoms with Crippen LogP contribution in [0.25, 0.3) is 21.3 Å². The summed E-state index contributed by atoms with van der Waals surface area (Å²) in [6.45, 7) is 2.82. The Balaban J connectivity index is 1.53. The number of ether oxygens (including phenoxy) is 2. The monoisotopic (exact) mass is 390 g/mol. The predicted molar refractivity (Wildman–Crippen MR) is 110 cm³/mol. The summed E-state index contributed by atoms with van der Waals surface area (Å²) in [5.41, 5.74) is 1.96. The first kappa shape index (κ1) is 17.0. The van der Waals surface area contributed by atoms with Gasteiger partial charge in [0.15, 0.2) is 17.6 Å². The number of hydrogen-bond acceptors (Lipinski definition) is 5. The minimum absolute atomic E-state index is 0.0457. The van der Waals surface area contributed by atoms with Gasteiger partial charge in [0.2, 0.25) is 0 Å². The van der Waals surface area contributed by atoms with E-state index in [1.54, 1.807) is 22.2 Å². The minimum atomic E-state index is -0.244. The van der Waals surface area contributed by atoms with Crippen LogP contribution in [0.5, 0.6) is 11.5 Å². The molecule has 0 saturated carbocycles. The number of hydrogen-bond donors (Lipinski definition) is 0. The molecule has 1 aliphatic rings. The Morgan fingerprint density at radius 2 is 1.86 bits per heavy atom. The topological polar surface area (TPSA) is 53.4 Å². The van der Waals surface area contributed by atoms with Crippen molar-refractivity contribution in [2.24, 2.45) is 0 Å². The van der Waals surface area contributed by atoms with E-state index in [0.717, 1.165) is 26.6 Å². The Hall–Kier alpha value is -3.12. The van der Waals surface area contributed by atoms with E-state index >= 15 is 0 Å². The molecule has 0 aliphatic carbocycles. The second-order valence-corrected chi connectivity index (χ2v) is 7.98. The summed E-state index contributed by atoms with van der Waals surface area (Å²) in [6.07, 6.45) is 1.37. The van der Waals surface area contributed by atoms with Gasteiger partial charge >= 0.3 is 0 Å². The molecule has 140 valence electrons. The Morgan fingerprint density at radius 3 is 2.68 bits per heavy atom. The molecule has 6 heteroatoms. The van der Waals surface area contributed by atoms with Crippen LogP contribution in [0.3, 0.4) is 0 Å². The van der Waals surface area contributed by atoms with Crippen LogP contribution in [-0.4, -0.2) is 22.3 Å². The van der Waals surface area contributed by atoms with Crippen LogP contribution in [-0.2, 0) is 6.54 Å². The molecule has 0 N–H and O–H groups in total. The summed E-state index contributed by atoms with van der Waals surface area (Å²) in [7, 11) is 0. The van der Waals surface area contributed by atoms with Crippen molar-refractivity contribution < 1.29 is 9.47 Å². The average molecular weight is 390 g/mol. The molecule has 0 saturated heterocycles. The van der Waals surface area contributed by atoms with Gasteiger partial charge in [0, 0.05) is 10.4 Å². The van der Waals surface area contributed by atoms with Crippen molar-refractivity contribution >= 4 is 21.6 Å². The lowest BCUT2D eigenvalue weighted by Gasteiger charge is -2.26. The lowest BCUT2D eigenvalue weighted by Crippen LogP contribution is -2.36. The fraction of sp³-hybridized carbons (Fsp3) is 0.182. The number of aromatic nitrogens is 2. The first-order valence-corrected chi connectivity index (χ1v) is 9.95. The Bertz CT molecular complexity index is 1210. The summed E-state index contributed by atoms with van der Waals surface area (Å²) < 4.78 is 13.4. The van der Waals surface area contributed by atoms with E-state index in [-0.39, 0.29) is 11.7 Å². The quantitative estimate of drug-likeness (QED) is 0.524. The molecule has 28 heavy (non-hydrogen) atoms. The molecule has 0 spiro atoms. The third kappa shape index (κ3) is 2.86. The van der Waals surface area contributed by atoms with Crippen LogP contribution in [0.15, 0.2) is 65.7 Å². The maximum absolute atomic E-state index is 13.3. The number of rotatable bonds is 3. The largest absolute Gasteiger partial charge is 0.486 e. The highest BCUT2D eigenvalue weighted by Gasteiger charge is 2.23. The Kier molecular flexibility index (Phi) is 4.13. The van der Waals surface area contributed by atoms with Gasteiger partial charge in [-0.15, -0.1) is 11.3 Å². The fourth-order valence-electron chi connectivity index (χ4n) is 3.59. The lowest BCUT2D eigenvalue weighted by molar-refractivity contribution is 0.0777. The van der Waals surface area contributed by atoms with Crippen LogP contribution < -0.4 is 15.0 Å². The van der Waals surface area contributed by atoms with E-state index in [4.69, 9.17) is 9.47 Å². The van der Waals surface area contributed by atoms with Crippen LogP contribution in [0.2, 0.25) is 0 Å². The van der Waals surface area contributed by atoms with Gasteiger partial charge in [-0.2, -0.15) is 0 Å². The molecule has 0 fully saturated rings. The zero-order chi connectivity index (χ0) is 19.1. The third-order valence-electron chi connectivity index (χ3n) is 4.89. The summed E-state index contributed by atoms with van der Waals surface area (Å²) >= 11 is 1.55. The van der Waals surface area contributed by atoms with Crippen molar-refractivity contribution in [2.45, 2.75) is 19.6 Å². The van der Waals surface area contributed by atoms with Crippen molar-refractivity contribution in [2.75, 3.05) is 6.61 Å². The Morgan fingerprint density at radius 1 is 1.11 bits per heavy atom. The molecule has 5 rings (SSSR count). The normalized spacial score (nSPS) is 15.7. The fourth-order valence-corrected chi connectivity index (χ4v) is 4.60. The maximum Gasteiger partial charge on any atom is 0.262 e. The average Bonchev–Trinajstić information content (AvgIpc) is 3.07. The van der Waals surface area contributed by atoms with Crippen molar-refractivity contribution in [3.63, 3.8) is 0 Å². The van der Waals surface area contributed by atoms with E-state index in [9.17, 15) is 4.79 Å². The molecule has 4 aromatic rings. The maximum atomic E-state index is 13.3. The van der Waals surface area contributed by atoms with Crippen molar-refractivity contribution in [3.8, 4) is 22.6 Å². The van der Waals surface area contributed by atoms with E-state index in [1.165, 1.54) is 0 Å². The van der Waals surface area contributed by atoms with Gasteiger partial charge in [-0.3, -0.25) is 9.36 Å². The van der Waals surface area contributed by atoms with Crippen molar-refractivity contribution in [1.29, 1.82) is 0 Å². The molecule has 1 atom stereocenters. The smallest absolute Gasteiger partial charge is 0.262 e. The molecule has 2 aromatic heterocycles. The van der Waals surface area contributed by atoms with E-state index in [2.05, 4.69) is 4.98 Å². The van der Waals surface area contributed by atoms with Gasteiger partial charge in [-0.1, -0.05) is 42.5 Å². The second kappa shape index (κ2) is 6.80. The van der Waals surface area contributed by atoms with Crippen LogP contribution in [0, 0.1) is 6.92 Å². The van der Waals surface area contributed by atoms with E-state index < -0.39 is 0 Å². The van der Waals surface area contributed by atoms with Crippen molar-refractivity contribution in [1.82, 2.24) is 9.55 Å². The molecule has 1 aliphatic heterocycles. The molecular formula is C22H18N2O3S. The van der Waals surface area contributed by atoms with Gasteiger partial charge < -0.3 is 9.47 Å². The molecule has 0 radical (unpaired) electrons. The van der Waals surface area contributed by atoms with Gasteiger partial charge in [0.1, 0.15) is 11.4 Å².